The summed E-state index contributed by atoms with van der Waals surface area (Å²) in [6, 6.07) is 0. The van der Waals surface area contributed by atoms with Crippen LogP contribution in [0.25, 0.3) is 0 Å². The Bertz CT molecular complexity index is 214. The average Bonchev–Trinajstić information content (AvgIpc) is 2.02. The average molecular weight is 183 g/mol. The van der Waals surface area contributed by atoms with Gasteiger partial charge in [-0.1, -0.05) is 6.58 Å². The molecule has 1 unspecified atom stereocenters. The molecule has 4 N–H and O–H groups in total. The standard InChI is InChI=1S/C9H15N2O2/c1-2-8(12)13-7-4-3-5-9(10,11)6-7/h2,5,7H,1,3-4,6,10-11H2. The Morgan fingerprint density at radius 3 is 2.92 bits per heavy atom. The second-order valence-electron chi connectivity index (χ2n) is 3.36. The smallest absolute Gasteiger partial charge is 0.330 e. The molecule has 4 heteroatoms. The largest absolute Gasteiger partial charge is 0.459 e. The van der Waals surface area contributed by atoms with Crippen molar-refractivity contribution in [1.82, 2.24) is 0 Å². The van der Waals surface area contributed by atoms with Crippen molar-refractivity contribution in [2.24, 2.45) is 11.5 Å². The molecule has 0 aliphatic heterocycles. The van der Waals surface area contributed by atoms with Crippen LogP contribution in [-0.2, 0) is 9.53 Å². The number of esters is 1. The van der Waals surface area contributed by atoms with Gasteiger partial charge in [-0.25, -0.2) is 4.79 Å². The van der Waals surface area contributed by atoms with E-state index in [1.54, 1.807) is 0 Å². The lowest BCUT2D eigenvalue weighted by molar-refractivity contribution is -0.144. The highest BCUT2D eigenvalue weighted by molar-refractivity contribution is 5.81. The van der Waals surface area contributed by atoms with Gasteiger partial charge < -0.3 is 16.2 Å². The third kappa shape index (κ3) is 3.16. The summed E-state index contributed by atoms with van der Waals surface area (Å²) in [5, 5.41) is 0. The molecule has 0 aromatic heterocycles. The topological polar surface area (TPSA) is 78.3 Å². The number of hydrogen-bond acceptors (Lipinski definition) is 4. The first-order valence-electron chi connectivity index (χ1n) is 4.29. The van der Waals surface area contributed by atoms with E-state index < -0.39 is 11.6 Å². The summed E-state index contributed by atoms with van der Waals surface area (Å²) in [4.78, 5) is 10.9. The molecule has 0 amide bonds. The number of rotatable bonds is 2. The van der Waals surface area contributed by atoms with E-state index in [0.29, 0.717) is 6.42 Å². The number of carbonyl (C=O) groups is 1. The Morgan fingerprint density at radius 2 is 2.38 bits per heavy atom. The Kier molecular flexibility index (Phi) is 3.06. The number of ether oxygens (including phenoxy) is 1. The minimum Gasteiger partial charge on any atom is -0.459 e. The predicted octanol–water partition coefficient (Wildman–Crippen LogP) is 0.0861. The normalized spacial score (nSPS) is 26.5. The molecule has 13 heavy (non-hydrogen) atoms. The summed E-state index contributed by atoms with van der Waals surface area (Å²) >= 11 is 0. The second-order valence-corrected chi connectivity index (χ2v) is 3.36. The molecule has 1 rings (SSSR count). The molecule has 0 heterocycles. The summed E-state index contributed by atoms with van der Waals surface area (Å²) < 4.78 is 5.04. The van der Waals surface area contributed by atoms with E-state index in [0.717, 1.165) is 18.9 Å². The van der Waals surface area contributed by atoms with Gasteiger partial charge >= 0.3 is 5.97 Å². The summed E-state index contributed by atoms with van der Waals surface area (Å²) in [6.45, 7) is 3.32. The molecule has 1 radical (unpaired) electrons. The van der Waals surface area contributed by atoms with Gasteiger partial charge in [-0.15, -0.1) is 0 Å². The van der Waals surface area contributed by atoms with E-state index in [4.69, 9.17) is 16.2 Å². The zero-order valence-corrected chi connectivity index (χ0v) is 7.53. The Hall–Kier alpha value is -0.870. The fraction of sp³-hybridized carbons (Fsp3) is 0.556. The number of carbonyl (C=O) groups excluding carboxylic acids is 1. The van der Waals surface area contributed by atoms with E-state index in [2.05, 4.69) is 6.58 Å². The summed E-state index contributed by atoms with van der Waals surface area (Å²) in [5.41, 5.74) is 10.6. The fourth-order valence-corrected chi connectivity index (χ4v) is 1.43. The van der Waals surface area contributed by atoms with Crippen molar-refractivity contribution >= 4 is 5.97 Å². The highest BCUT2D eigenvalue weighted by Crippen LogP contribution is 2.23. The van der Waals surface area contributed by atoms with Crippen LogP contribution in [0, 0.1) is 6.42 Å². The maximum absolute atomic E-state index is 10.9. The number of hydrogen-bond donors (Lipinski definition) is 2. The zero-order valence-electron chi connectivity index (χ0n) is 7.53. The van der Waals surface area contributed by atoms with Gasteiger partial charge in [0.05, 0.1) is 5.66 Å². The summed E-state index contributed by atoms with van der Waals surface area (Å²) in [6.07, 6.45) is 4.87. The molecular formula is C9H15N2O2. The molecule has 0 aromatic rings. The zero-order chi connectivity index (χ0) is 9.90. The molecule has 1 saturated carbocycles. The van der Waals surface area contributed by atoms with Crippen molar-refractivity contribution in [3.63, 3.8) is 0 Å². The molecule has 0 aromatic carbocycles. The van der Waals surface area contributed by atoms with Gasteiger partial charge in [0.1, 0.15) is 6.10 Å². The van der Waals surface area contributed by atoms with Gasteiger partial charge in [-0.05, 0) is 19.3 Å². The van der Waals surface area contributed by atoms with Crippen LogP contribution < -0.4 is 11.5 Å². The maximum atomic E-state index is 10.9. The predicted molar refractivity (Wildman–Crippen MR) is 49.3 cm³/mol. The first kappa shape index (κ1) is 10.2. The number of nitrogens with two attached hydrogens (primary N) is 2. The molecule has 1 fully saturated rings. The quantitative estimate of drug-likeness (QED) is 0.361. The minimum atomic E-state index is -0.801. The van der Waals surface area contributed by atoms with Crippen molar-refractivity contribution in [3.05, 3.63) is 19.1 Å². The molecule has 0 spiro atoms. The van der Waals surface area contributed by atoms with Crippen LogP contribution in [0.1, 0.15) is 19.3 Å². The van der Waals surface area contributed by atoms with E-state index >= 15 is 0 Å². The lowest BCUT2D eigenvalue weighted by Gasteiger charge is -2.33. The van der Waals surface area contributed by atoms with E-state index in [1.165, 1.54) is 0 Å². The third-order valence-electron chi connectivity index (χ3n) is 2.04. The van der Waals surface area contributed by atoms with Crippen molar-refractivity contribution in [3.8, 4) is 0 Å². The lowest BCUT2D eigenvalue weighted by atomic mass is 9.88. The van der Waals surface area contributed by atoms with Crippen LogP contribution >= 0.6 is 0 Å². The van der Waals surface area contributed by atoms with Gasteiger partial charge in [-0.2, -0.15) is 0 Å². The second kappa shape index (κ2) is 3.89. The van der Waals surface area contributed by atoms with Crippen LogP contribution in [0.5, 0.6) is 0 Å². The molecule has 0 saturated heterocycles. The van der Waals surface area contributed by atoms with Gasteiger partial charge in [0, 0.05) is 12.5 Å². The Morgan fingerprint density at radius 1 is 1.69 bits per heavy atom. The first-order valence-corrected chi connectivity index (χ1v) is 4.29. The van der Waals surface area contributed by atoms with Crippen molar-refractivity contribution in [1.29, 1.82) is 0 Å². The van der Waals surface area contributed by atoms with E-state index in [9.17, 15) is 4.79 Å². The van der Waals surface area contributed by atoms with Crippen LogP contribution in [0.3, 0.4) is 0 Å². The Balaban J connectivity index is 2.43. The van der Waals surface area contributed by atoms with Gasteiger partial charge in [0.25, 0.3) is 0 Å². The first-order chi connectivity index (χ1) is 6.03. The van der Waals surface area contributed by atoms with E-state index in [1.807, 2.05) is 6.42 Å². The Labute approximate surface area is 77.9 Å². The van der Waals surface area contributed by atoms with Gasteiger partial charge in [0.2, 0.25) is 0 Å². The monoisotopic (exact) mass is 183 g/mol. The molecule has 73 valence electrons. The molecule has 1 aliphatic carbocycles. The van der Waals surface area contributed by atoms with Crippen LogP contribution in [0.2, 0.25) is 0 Å². The van der Waals surface area contributed by atoms with E-state index in [-0.39, 0.29) is 6.10 Å². The van der Waals surface area contributed by atoms with Crippen molar-refractivity contribution in [2.75, 3.05) is 0 Å². The third-order valence-corrected chi connectivity index (χ3v) is 2.04. The lowest BCUT2D eigenvalue weighted by Crippen LogP contribution is -2.54. The summed E-state index contributed by atoms with van der Waals surface area (Å²) in [7, 11) is 0. The molecule has 1 atom stereocenters. The van der Waals surface area contributed by atoms with Crippen molar-refractivity contribution < 1.29 is 9.53 Å². The van der Waals surface area contributed by atoms with Crippen molar-refractivity contribution in [2.45, 2.75) is 31.0 Å². The molecule has 0 bridgehead atoms. The molecular weight excluding hydrogens is 168 g/mol. The van der Waals surface area contributed by atoms with Gasteiger partial charge in [0.15, 0.2) is 0 Å². The highest BCUT2D eigenvalue weighted by Gasteiger charge is 2.30. The fourth-order valence-electron chi connectivity index (χ4n) is 1.43. The maximum Gasteiger partial charge on any atom is 0.330 e. The molecule has 1 aliphatic rings. The van der Waals surface area contributed by atoms with Crippen LogP contribution in [0.15, 0.2) is 12.7 Å². The van der Waals surface area contributed by atoms with Crippen LogP contribution in [0.4, 0.5) is 0 Å². The van der Waals surface area contributed by atoms with Crippen LogP contribution in [-0.4, -0.2) is 17.7 Å². The molecule has 4 nitrogen and oxygen atoms in total. The van der Waals surface area contributed by atoms with Gasteiger partial charge in [-0.3, -0.25) is 0 Å². The summed E-state index contributed by atoms with van der Waals surface area (Å²) in [5.74, 6) is -0.414. The SMILES string of the molecule is C=CC(=O)OC1CC[CH]C(N)(N)C1. The minimum absolute atomic E-state index is 0.175. The highest BCUT2D eigenvalue weighted by atomic mass is 16.5.